The minimum Gasteiger partial charge on any atom is -0.477 e. The quantitative estimate of drug-likeness (QED) is 0.144. The van der Waals surface area contributed by atoms with Crippen molar-refractivity contribution in [2.24, 2.45) is 13.0 Å². The maximum atomic E-state index is 16.0. The van der Waals surface area contributed by atoms with Crippen molar-refractivity contribution < 1.29 is 41.7 Å². The van der Waals surface area contributed by atoms with Gasteiger partial charge in [-0.25, -0.2) is 27.6 Å². The SMILES string of the molecule is CNc1cc(F)c(F)c2c1Cc1ncc(-c3cnc4c(c3)c(=O)c(C(=O)O)cn4C)c(N3CC[C@@H]4C[N+](C)(COP(=O)(O)OC(C)(C)C)C[C@@H]43)c1-2. The lowest BCUT2D eigenvalue weighted by molar-refractivity contribution is -0.915. The predicted octanol–water partition coefficient (Wildman–Crippen LogP) is 5.13. The van der Waals surface area contributed by atoms with Crippen LogP contribution in [0.1, 0.15) is 48.8 Å². The van der Waals surface area contributed by atoms with E-state index in [2.05, 4.69) is 15.2 Å². The predicted molar refractivity (Wildman–Crippen MR) is 187 cm³/mol. The number of fused-ring (bicyclic) bond motifs is 5. The van der Waals surface area contributed by atoms with Crippen LogP contribution in [0.2, 0.25) is 0 Å². The van der Waals surface area contributed by atoms with E-state index in [1.807, 2.05) is 7.05 Å². The molecule has 2 fully saturated rings. The number of carboxylic acids is 1. The number of aromatic carboxylic acids is 1. The minimum absolute atomic E-state index is 0.0794. The molecule has 0 radical (unpaired) electrons. The van der Waals surface area contributed by atoms with Gasteiger partial charge in [0.2, 0.25) is 5.43 Å². The number of halogens is 2. The summed E-state index contributed by atoms with van der Waals surface area (Å²) in [6, 6.07) is 2.58. The molecule has 2 aliphatic heterocycles. The lowest BCUT2D eigenvalue weighted by atomic mass is 9.96. The standard InChI is InChI=1S/C35H39F2N6O7P/c1-35(2,3)50-51(47,48)49-17-43(6)15-18-7-8-42(27(18)16-43)31-22(19-9-21-32(44)23(34(45)46)14-41(5)33(21)40-12-19)13-39-26-10-20-25(38-4)11-24(36)30(37)28(20)29(26)31/h9,11-14,18,27,38H,7-8,10,15-17H2,1-6H3,(H-,45,46,47,48)/p+1/t18-,27+,43?/m1/s1. The van der Waals surface area contributed by atoms with E-state index in [0.717, 1.165) is 12.5 Å². The topological polar surface area (TPSA) is 156 Å². The average molecular weight is 726 g/mol. The number of benzene rings is 1. The Labute approximate surface area is 292 Å². The average Bonchev–Trinajstić information content (AvgIpc) is 3.72. The van der Waals surface area contributed by atoms with Crippen LogP contribution in [-0.4, -0.2) is 87.1 Å². The minimum atomic E-state index is -4.36. The molecule has 0 spiro atoms. The van der Waals surface area contributed by atoms with Gasteiger partial charge in [0, 0.05) is 85.6 Å². The number of phosphoric ester groups is 1. The molecule has 7 rings (SSSR count). The van der Waals surface area contributed by atoms with E-state index >= 15 is 8.78 Å². The summed E-state index contributed by atoms with van der Waals surface area (Å²) in [4.78, 5) is 47.2. The van der Waals surface area contributed by atoms with Crippen molar-refractivity contribution >= 4 is 36.2 Å². The summed E-state index contributed by atoms with van der Waals surface area (Å²) in [5.41, 5.74) is 1.99. The molecule has 3 aromatic heterocycles. The summed E-state index contributed by atoms with van der Waals surface area (Å²) < 4.78 is 56.5. The Hall–Kier alpha value is -4.27. The number of pyridine rings is 3. The van der Waals surface area contributed by atoms with Crippen molar-refractivity contribution in [2.75, 3.05) is 50.7 Å². The zero-order valence-electron chi connectivity index (χ0n) is 29.2. The van der Waals surface area contributed by atoms with Crippen LogP contribution in [0.15, 0.2) is 35.5 Å². The summed E-state index contributed by atoms with van der Waals surface area (Å²) in [5.74, 6) is -3.24. The second-order valence-electron chi connectivity index (χ2n) is 15.0. The zero-order chi connectivity index (χ0) is 36.8. The van der Waals surface area contributed by atoms with Crippen LogP contribution in [0.25, 0.3) is 33.3 Å². The van der Waals surface area contributed by atoms with Gasteiger partial charge in [0.05, 0.1) is 42.0 Å². The first-order valence-corrected chi connectivity index (χ1v) is 18.1. The molecule has 4 atom stereocenters. The van der Waals surface area contributed by atoms with Crippen molar-refractivity contribution in [1.82, 2.24) is 14.5 Å². The highest BCUT2D eigenvalue weighted by Crippen LogP contribution is 2.53. The van der Waals surface area contributed by atoms with Gasteiger partial charge in [-0.3, -0.25) is 14.3 Å². The van der Waals surface area contributed by atoms with Crippen molar-refractivity contribution in [3.63, 3.8) is 0 Å². The number of quaternary nitrogens is 1. The summed E-state index contributed by atoms with van der Waals surface area (Å²) in [6.07, 6.45) is 5.45. The summed E-state index contributed by atoms with van der Waals surface area (Å²) in [7, 11) is 0.833. The molecule has 4 aromatic rings. The highest BCUT2D eigenvalue weighted by atomic mass is 31.2. The van der Waals surface area contributed by atoms with E-state index in [1.54, 1.807) is 53.3 Å². The molecule has 5 heterocycles. The smallest absolute Gasteiger partial charge is 0.477 e. The number of likely N-dealkylation sites (N-methyl/N-ethyl adjacent to an activating group) is 1. The Morgan fingerprint density at radius 2 is 1.92 bits per heavy atom. The van der Waals surface area contributed by atoms with Crippen molar-refractivity contribution in [3.8, 4) is 22.3 Å². The first-order chi connectivity index (χ1) is 23.9. The summed E-state index contributed by atoms with van der Waals surface area (Å²) in [6.45, 7) is 6.63. The molecule has 13 nitrogen and oxygen atoms in total. The number of anilines is 2. The fourth-order valence-corrected chi connectivity index (χ4v) is 9.22. The number of nitrogens with one attached hydrogen (secondary N) is 1. The van der Waals surface area contributed by atoms with Gasteiger partial charge >= 0.3 is 13.8 Å². The van der Waals surface area contributed by atoms with Gasteiger partial charge in [-0.1, -0.05) is 0 Å². The first-order valence-electron chi connectivity index (χ1n) is 16.6. The number of carbonyl (C=O) groups is 1. The van der Waals surface area contributed by atoms with E-state index in [-0.39, 0.29) is 41.7 Å². The van der Waals surface area contributed by atoms with Crippen LogP contribution in [0.4, 0.5) is 20.2 Å². The van der Waals surface area contributed by atoms with E-state index in [1.165, 1.54) is 10.8 Å². The third-order valence-electron chi connectivity index (χ3n) is 10.1. The molecule has 16 heteroatoms. The van der Waals surface area contributed by atoms with Crippen molar-refractivity contribution in [3.05, 3.63) is 69.4 Å². The number of hydrogen-bond acceptors (Lipinski definition) is 9. The van der Waals surface area contributed by atoms with Gasteiger partial charge < -0.3 is 29.3 Å². The Morgan fingerprint density at radius 1 is 1.18 bits per heavy atom. The normalized spacial score (nSPS) is 22.2. The van der Waals surface area contributed by atoms with Gasteiger partial charge in [0.15, 0.2) is 18.4 Å². The largest absolute Gasteiger partial charge is 0.477 e. The number of rotatable bonds is 8. The van der Waals surface area contributed by atoms with Crippen molar-refractivity contribution in [1.29, 1.82) is 0 Å². The van der Waals surface area contributed by atoms with Crippen molar-refractivity contribution in [2.45, 2.75) is 45.3 Å². The maximum absolute atomic E-state index is 16.0. The van der Waals surface area contributed by atoms with E-state index in [9.17, 15) is 24.2 Å². The molecular formula is C35H40F2N6O7P+. The molecule has 0 amide bonds. The monoisotopic (exact) mass is 725 g/mol. The molecule has 2 unspecified atom stereocenters. The zero-order valence-corrected chi connectivity index (χ0v) is 30.1. The molecule has 3 aliphatic rings. The van der Waals surface area contributed by atoms with Crippen LogP contribution in [0.5, 0.6) is 0 Å². The third kappa shape index (κ3) is 6.10. The Kier molecular flexibility index (Phi) is 8.38. The van der Waals surface area contributed by atoms with Gasteiger partial charge in [-0.05, 0) is 38.8 Å². The van der Waals surface area contributed by atoms with Gasteiger partial charge in [-0.2, -0.15) is 0 Å². The fourth-order valence-electron chi connectivity index (χ4n) is 8.05. The van der Waals surface area contributed by atoms with Gasteiger partial charge in [0.25, 0.3) is 0 Å². The molecule has 1 aliphatic carbocycles. The molecular weight excluding hydrogens is 685 g/mol. The molecule has 0 saturated carbocycles. The van der Waals surface area contributed by atoms with E-state index < -0.39 is 42.0 Å². The lowest BCUT2D eigenvalue weighted by Gasteiger charge is -2.34. The Bertz CT molecular complexity index is 2240. The Balaban J connectivity index is 1.38. The number of nitrogens with zero attached hydrogens (tertiary/aromatic N) is 5. The first kappa shape index (κ1) is 35.1. The third-order valence-corrected chi connectivity index (χ3v) is 11.3. The van der Waals surface area contributed by atoms with Crippen LogP contribution in [-0.2, 0) is 27.1 Å². The number of likely N-dealkylation sites (tertiary alicyclic amines) is 1. The summed E-state index contributed by atoms with van der Waals surface area (Å²) >= 11 is 0. The van der Waals surface area contributed by atoms with Crippen LogP contribution < -0.4 is 15.6 Å². The van der Waals surface area contributed by atoms with Gasteiger partial charge in [-0.15, -0.1) is 0 Å². The van der Waals surface area contributed by atoms with Gasteiger partial charge in [0.1, 0.15) is 17.8 Å². The van der Waals surface area contributed by atoms with Crippen LogP contribution in [0, 0.1) is 17.6 Å². The fraction of sp³-hybridized carbons (Fsp3) is 0.429. The molecule has 3 N–H and O–H groups in total. The van der Waals surface area contributed by atoms with Crippen LogP contribution in [0.3, 0.4) is 0 Å². The van der Waals surface area contributed by atoms with Crippen LogP contribution >= 0.6 is 7.82 Å². The highest BCUT2D eigenvalue weighted by molar-refractivity contribution is 7.47. The number of carboxylic acid groups (broad SMARTS) is 1. The molecule has 0 bridgehead atoms. The van der Waals surface area contributed by atoms with E-state index in [4.69, 9.17) is 14.0 Å². The molecule has 51 heavy (non-hydrogen) atoms. The number of aromatic nitrogens is 3. The summed E-state index contributed by atoms with van der Waals surface area (Å²) in [5, 5.41) is 12.8. The number of hydrogen-bond donors (Lipinski definition) is 3. The highest BCUT2D eigenvalue weighted by Gasteiger charge is 2.51. The number of aryl methyl sites for hydroxylation is 1. The molecule has 1 aromatic carbocycles. The molecule has 2 saturated heterocycles. The second kappa shape index (κ2) is 12.2. The lowest BCUT2D eigenvalue weighted by Crippen LogP contribution is -2.47. The Morgan fingerprint density at radius 3 is 2.61 bits per heavy atom. The second-order valence-corrected chi connectivity index (χ2v) is 16.3. The number of phosphoric acid groups is 1. The maximum Gasteiger partial charge on any atom is 0.477 e. The molecule has 270 valence electrons. The van der Waals surface area contributed by atoms with E-state index in [0.29, 0.717) is 63.4 Å².